The van der Waals surface area contributed by atoms with Crippen LogP contribution in [0.25, 0.3) is 16.4 Å². The Morgan fingerprint density at radius 3 is 2.68 bits per heavy atom. The van der Waals surface area contributed by atoms with Crippen LogP contribution in [0.3, 0.4) is 0 Å². The third kappa shape index (κ3) is 3.16. The van der Waals surface area contributed by atoms with Crippen molar-refractivity contribution in [3.05, 3.63) is 46.8 Å². The van der Waals surface area contributed by atoms with Crippen molar-refractivity contribution in [2.75, 3.05) is 5.75 Å². The number of amides is 1. The number of hydrogen-bond donors (Lipinski definition) is 1. The molecule has 5 nitrogen and oxygen atoms in total. The van der Waals surface area contributed by atoms with Gasteiger partial charge in [0.1, 0.15) is 0 Å². The van der Waals surface area contributed by atoms with Crippen molar-refractivity contribution in [1.29, 1.82) is 0 Å². The van der Waals surface area contributed by atoms with E-state index < -0.39 is 5.91 Å². The molecule has 0 saturated heterocycles. The number of nitrogens with zero attached hydrogens (tertiary/aromatic N) is 3. The zero-order valence-corrected chi connectivity index (χ0v) is 13.7. The van der Waals surface area contributed by atoms with E-state index in [2.05, 4.69) is 10.2 Å². The standard InChI is InChI=1S/C14H11ClN4OS2/c15-9-3-5-10(6-4-9)19-13(11-2-1-7-21-11)17-18-14(19)22-8-12(16)20/h1-7H,8H2,(H2,16,20). The van der Waals surface area contributed by atoms with E-state index >= 15 is 0 Å². The van der Waals surface area contributed by atoms with Gasteiger partial charge in [0, 0.05) is 10.7 Å². The maximum absolute atomic E-state index is 11.0. The molecule has 0 bridgehead atoms. The molecule has 0 unspecified atom stereocenters. The third-order valence-corrected chi connectivity index (χ3v) is 4.87. The maximum Gasteiger partial charge on any atom is 0.227 e. The Morgan fingerprint density at radius 1 is 1.27 bits per heavy atom. The molecule has 1 amide bonds. The molecule has 112 valence electrons. The number of carbonyl (C=O) groups is 1. The van der Waals surface area contributed by atoms with Crippen molar-refractivity contribution in [3.8, 4) is 16.4 Å². The molecule has 0 saturated carbocycles. The Kier molecular flexibility index (Phi) is 4.47. The zero-order valence-electron chi connectivity index (χ0n) is 11.3. The summed E-state index contributed by atoms with van der Waals surface area (Å²) in [6.45, 7) is 0. The van der Waals surface area contributed by atoms with Gasteiger partial charge in [0.25, 0.3) is 0 Å². The Morgan fingerprint density at radius 2 is 2.05 bits per heavy atom. The lowest BCUT2D eigenvalue weighted by molar-refractivity contribution is -0.115. The molecule has 2 N–H and O–H groups in total. The first-order valence-corrected chi connectivity index (χ1v) is 8.56. The van der Waals surface area contributed by atoms with Gasteiger partial charge in [-0.1, -0.05) is 29.4 Å². The topological polar surface area (TPSA) is 73.8 Å². The summed E-state index contributed by atoms with van der Waals surface area (Å²) in [5.74, 6) is 0.480. The summed E-state index contributed by atoms with van der Waals surface area (Å²) in [7, 11) is 0. The average molecular weight is 351 g/mol. The smallest absolute Gasteiger partial charge is 0.227 e. The Labute approximate surface area is 140 Å². The molecule has 0 atom stereocenters. The average Bonchev–Trinajstić information content (AvgIpc) is 3.15. The minimum absolute atomic E-state index is 0.149. The summed E-state index contributed by atoms with van der Waals surface area (Å²) in [6.07, 6.45) is 0. The van der Waals surface area contributed by atoms with Crippen molar-refractivity contribution in [3.63, 3.8) is 0 Å². The van der Waals surface area contributed by atoms with Gasteiger partial charge in [-0.15, -0.1) is 21.5 Å². The first-order chi connectivity index (χ1) is 10.6. The fraction of sp³-hybridized carbons (Fsp3) is 0.0714. The normalized spacial score (nSPS) is 10.8. The number of halogens is 1. The molecule has 1 aromatic carbocycles. The minimum atomic E-state index is -0.395. The van der Waals surface area contributed by atoms with Crippen LogP contribution in [0.1, 0.15) is 0 Å². The van der Waals surface area contributed by atoms with Crippen LogP contribution in [0.5, 0.6) is 0 Å². The van der Waals surface area contributed by atoms with Gasteiger partial charge in [0.2, 0.25) is 5.91 Å². The monoisotopic (exact) mass is 350 g/mol. The van der Waals surface area contributed by atoms with Crippen LogP contribution in [-0.4, -0.2) is 26.4 Å². The highest BCUT2D eigenvalue weighted by Gasteiger charge is 2.17. The first-order valence-electron chi connectivity index (χ1n) is 6.31. The molecular formula is C14H11ClN4OS2. The fourth-order valence-corrected chi connectivity index (χ4v) is 3.40. The largest absolute Gasteiger partial charge is 0.369 e. The van der Waals surface area contributed by atoms with E-state index in [9.17, 15) is 4.79 Å². The van der Waals surface area contributed by atoms with E-state index in [1.165, 1.54) is 11.8 Å². The van der Waals surface area contributed by atoms with Crippen LogP contribution >= 0.6 is 34.7 Å². The number of hydrogen-bond acceptors (Lipinski definition) is 5. The molecular weight excluding hydrogens is 340 g/mol. The summed E-state index contributed by atoms with van der Waals surface area (Å²) < 4.78 is 1.90. The Balaban J connectivity index is 2.08. The molecule has 3 rings (SSSR count). The lowest BCUT2D eigenvalue weighted by Crippen LogP contribution is -2.13. The number of aromatic nitrogens is 3. The van der Waals surface area contributed by atoms with Crippen molar-refractivity contribution in [2.45, 2.75) is 5.16 Å². The fourth-order valence-electron chi connectivity index (χ4n) is 1.89. The highest BCUT2D eigenvalue weighted by molar-refractivity contribution is 7.99. The highest BCUT2D eigenvalue weighted by Crippen LogP contribution is 2.30. The second-order valence-electron chi connectivity index (χ2n) is 4.35. The van der Waals surface area contributed by atoms with E-state index in [0.717, 1.165) is 16.4 Å². The van der Waals surface area contributed by atoms with Crippen LogP contribution in [-0.2, 0) is 4.79 Å². The van der Waals surface area contributed by atoms with Crippen LogP contribution in [0.2, 0.25) is 5.02 Å². The van der Waals surface area contributed by atoms with Crippen molar-refractivity contribution < 1.29 is 4.79 Å². The number of primary amides is 1. The lowest BCUT2D eigenvalue weighted by atomic mass is 10.3. The molecule has 0 fully saturated rings. The molecule has 0 aliphatic heterocycles. The number of thioether (sulfide) groups is 1. The minimum Gasteiger partial charge on any atom is -0.369 e. The van der Waals surface area contributed by atoms with E-state index in [1.807, 2.05) is 34.2 Å². The number of nitrogens with two attached hydrogens (primary N) is 1. The predicted octanol–water partition coefficient (Wildman–Crippen LogP) is 3.23. The Hall–Kier alpha value is -1.83. The van der Waals surface area contributed by atoms with Gasteiger partial charge in [-0.25, -0.2) is 0 Å². The number of rotatable bonds is 5. The van der Waals surface area contributed by atoms with Crippen LogP contribution in [0.15, 0.2) is 46.9 Å². The number of carbonyl (C=O) groups excluding carboxylic acids is 1. The molecule has 2 aromatic heterocycles. The van der Waals surface area contributed by atoms with Crippen molar-refractivity contribution in [1.82, 2.24) is 14.8 Å². The van der Waals surface area contributed by atoms with Crippen molar-refractivity contribution >= 4 is 40.6 Å². The predicted molar refractivity (Wildman–Crippen MR) is 89.6 cm³/mol. The van der Waals surface area contributed by atoms with E-state index in [1.54, 1.807) is 23.5 Å². The summed E-state index contributed by atoms with van der Waals surface area (Å²) in [6, 6.07) is 11.3. The van der Waals surface area contributed by atoms with E-state index in [-0.39, 0.29) is 5.75 Å². The van der Waals surface area contributed by atoms with Gasteiger partial charge < -0.3 is 5.73 Å². The van der Waals surface area contributed by atoms with Gasteiger partial charge in [0.15, 0.2) is 11.0 Å². The number of benzene rings is 1. The second kappa shape index (κ2) is 6.51. The Bertz CT molecular complexity index is 784. The van der Waals surface area contributed by atoms with Gasteiger partial charge in [-0.3, -0.25) is 9.36 Å². The van der Waals surface area contributed by atoms with Gasteiger partial charge in [-0.05, 0) is 35.7 Å². The van der Waals surface area contributed by atoms with E-state index in [0.29, 0.717) is 10.2 Å². The summed E-state index contributed by atoms with van der Waals surface area (Å²) >= 11 is 8.78. The van der Waals surface area contributed by atoms with Gasteiger partial charge in [-0.2, -0.15) is 0 Å². The number of thiophene rings is 1. The molecule has 0 aliphatic rings. The van der Waals surface area contributed by atoms with Crippen LogP contribution in [0.4, 0.5) is 0 Å². The SMILES string of the molecule is NC(=O)CSc1nnc(-c2cccs2)n1-c1ccc(Cl)cc1. The zero-order chi connectivity index (χ0) is 15.5. The third-order valence-electron chi connectivity index (χ3n) is 2.80. The molecule has 0 aliphatic carbocycles. The first kappa shape index (κ1) is 15.1. The quantitative estimate of drug-likeness (QED) is 0.717. The molecule has 3 aromatic rings. The van der Waals surface area contributed by atoms with Gasteiger partial charge >= 0.3 is 0 Å². The summed E-state index contributed by atoms with van der Waals surface area (Å²) in [4.78, 5) is 12.0. The van der Waals surface area contributed by atoms with Crippen LogP contribution < -0.4 is 5.73 Å². The summed E-state index contributed by atoms with van der Waals surface area (Å²) in [5, 5.41) is 11.7. The molecule has 22 heavy (non-hydrogen) atoms. The molecule has 2 heterocycles. The van der Waals surface area contributed by atoms with Gasteiger partial charge in [0.05, 0.1) is 10.6 Å². The molecule has 0 spiro atoms. The highest BCUT2D eigenvalue weighted by atomic mass is 35.5. The van der Waals surface area contributed by atoms with Crippen LogP contribution in [0, 0.1) is 0 Å². The second-order valence-corrected chi connectivity index (χ2v) is 6.68. The molecule has 0 radical (unpaired) electrons. The molecule has 8 heteroatoms. The summed E-state index contributed by atoms with van der Waals surface area (Å²) in [5.41, 5.74) is 6.10. The van der Waals surface area contributed by atoms with E-state index in [4.69, 9.17) is 17.3 Å². The lowest BCUT2D eigenvalue weighted by Gasteiger charge is -2.09. The van der Waals surface area contributed by atoms with Crippen molar-refractivity contribution in [2.24, 2.45) is 5.73 Å². The maximum atomic E-state index is 11.0.